The van der Waals surface area contributed by atoms with Gasteiger partial charge in [-0.05, 0) is 36.4 Å². The SMILES string of the molecule is CNC(=O)c1ccc(N)cc1Nc1ccc(OC)c(Cl)c1. The fourth-order valence-corrected chi connectivity index (χ4v) is 2.16. The van der Waals surface area contributed by atoms with Gasteiger partial charge in [0.05, 0.1) is 23.4 Å². The molecule has 0 unspecified atom stereocenters. The summed E-state index contributed by atoms with van der Waals surface area (Å²) < 4.78 is 5.10. The Morgan fingerprint density at radius 1 is 1.24 bits per heavy atom. The number of ether oxygens (including phenoxy) is 1. The van der Waals surface area contributed by atoms with Crippen molar-refractivity contribution in [1.82, 2.24) is 5.32 Å². The molecule has 0 heterocycles. The van der Waals surface area contributed by atoms with Crippen molar-refractivity contribution in [2.24, 2.45) is 0 Å². The van der Waals surface area contributed by atoms with Gasteiger partial charge in [-0.15, -0.1) is 0 Å². The highest BCUT2D eigenvalue weighted by Gasteiger charge is 2.11. The van der Waals surface area contributed by atoms with Crippen molar-refractivity contribution in [2.75, 3.05) is 25.2 Å². The number of benzene rings is 2. The molecule has 2 rings (SSSR count). The Hall–Kier alpha value is -2.40. The summed E-state index contributed by atoms with van der Waals surface area (Å²) in [7, 11) is 3.13. The third kappa shape index (κ3) is 3.38. The van der Waals surface area contributed by atoms with Gasteiger partial charge in [0.25, 0.3) is 5.91 Å². The number of nitrogen functional groups attached to an aromatic ring is 1. The van der Waals surface area contributed by atoms with Crippen molar-refractivity contribution >= 4 is 34.6 Å². The number of anilines is 3. The summed E-state index contributed by atoms with van der Waals surface area (Å²) in [5.74, 6) is 0.387. The van der Waals surface area contributed by atoms with Crippen LogP contribution < -0.4 is 21.1 Å². The van der Waals surface area contributed by atoms with E-state index in [1.165, 1.54) is 0 Å². The number of halogens is 1. The second-order valence-corrected chi connectivity index (χ2v) is 4.77. The molecule has 0 fully saturated rings. The molecule has 4 N–H and O–H groups in total. The van der Waals surface area contributed by atoms with Crippen LogP contribution >= 0.6 is 11.6 Å². The molecular weight excluding hydrogens is 290 g/mol. The summed E-state index contributed by atoms with van der Waals surface area (Å²) in [4.78, 5) is 11.9. The Morgan fingerprint density at radius 3 is 2.62 bits per heavy atom. The molecule has 0 aromatic heterocycles. The Labute approximate surface area is 128 Å². The Morgan fingerprint density at radius 2 is 2.00 bits per heavy atom. The summed E-state index contributed by atoms with van der Waals surface area (Å²) >= 11 is 6.09. The van der Waals surface area contributed by atoms with Gasteiger partial charge in [0.15, 0.2) is 0 Å². The minimum Gasteiger partial charge on any atom is -0.495 e. The first-order chi connectivity index (χ1) is 10.0. The van der Waals surface area contributed by atoms with E-state index >= 15 is 0 Å². The number of carbonyl (C=O) groups excluding carboxylic acids is 1. The van der Waals surface area contributed by atoms with Crippen molar-refractivity contribution < 1.29 is 9.53 Å². The lowest BCUT2D eigenvalue weighted by atomic mass is 10.1. The Kier molecular flexibility index (Phi) is 4.55. The minimum atomic E-state index is -0.197. The van der Waals surface area contributed by atoms with E-state index in [1.54, 1.807) is 44.5 Å². The van der Waals surface area contributed by atoms with Crippen LogP contribution in [0, 0.1) is 0 Å². The average molecular weight is 306 g/mol. The molecule has 0 spiro atoms. The highest BCUT2D eigenvalue weighted by atomic mass is 35.5. The molecule has 0 bridgehead atoms. The van der Waals surface area contributed by atoms with E-state index in [0.717, 1.165) is 5.69 Å². The van der Waals surface area contributed by atoms with Crippen molar-refractivity contribution in [3.63, 3.8) is 0 Å². The second-order valence-electron chi connectivity index (χ2n) is 4.36. The monoisotopic (exact) mass is 305 g/mol. The maximum atomic E-state index is 11.9. The fourth-order valence-electron chi connectivity index (χ4n) is 1.90. The summed E-state index contributed by atoms with van der Waals surface area (Å²) in [5, 5.41) is 6.21. The van der Waals surface area contributed by atoms with Crippen LogP contribution in [0.1, 0.15) is 10.4 Å². The molecule has 0 aliphatic rings. The van der Waals surface area contributed by atoms with Gasteiger partial charge in [-0.1, -0.05) is 11.6 Å². The van der Waals surface area contributed by atoms with Crippen LogP contribution in [0.5, 0.6) is 5.75 Å². The molecule has 1 amide bonds. The van der Waals surface area contributed by atoms with E-state index in [4.69, 9.17) is 22.1 Å². The third-order valence-corrected chi connectivity index (χ3v) is 3.24. The number of methoxy groups -OCH3 is 1. The normalized spacial score (nSPS) is 10.0. The maximum absolute atomic E-state index is 11.9. The first kappa shape index (κ1) is 15.0. The second kappa shape index (κ2) is 6.37. The van der Waals surface area contributed by atoms with E-state index < -0.39 is 0 Å². The smallest absolute Gasteiger partial charge is 0.253 e. The van der Waals surface area contributed by atoms with E-state index in [2.05, 4.69) is 10.6 Å². The van der Waals surface area contributed by atoms with Gasteiger partial charge in [0.2, 0.25) is 0 Å². The lowest BCUT2D eigenvalue weighted by Crippen LogP contribution is -2.19. The molecule has 110 valence electrons. The zero-order valence-corrected chi connectivity index (χ0v) is 12.5. The molecule has 0 saturated carbocycles. The molecule has 0 saturated heterocycles. The lowest BCUT2D eigenvalue weighted by Gasteiger charge is -2.13. The molecular formula is C15H16ClN3O2. The van der Waals surface area contributed by atoms with Gasteiger partial charge in [0.1, 0.15) is 5.75 Å². The maximum Gasteiger partial charge on any atom is 0.253 e. The molecule has 2 aromatic carbocycles. The van der Waals surface area contributed by atoms with Gasteiger partial charge in [0, 0.05) is 18.4 Å². The zero-order chi connectivity index (χ0) is 15.4. The summed E-state index contributed by atoms with van der Waals surface area (Å²) in [6.07, 6.45) is 0. The minimum absolute atomic E-state index is 0.197. The number of nitrogens with two attached hydrogens (primary N) is 1. The predicted octanol–water partition coefficient (Wildman–Crippen LogP) is 3.03. The number of rotatable bonds is 4. The van der Waals surface area contributed by atoms with Gasteiger partial charge in [-0.3, -0.25) is 4.79 Å². The van der Waals surface area contributed by atoms with Crippen LogP contribution in [0.2, 0.25) is 5.02 Å². The van der Waals surface area contributed by atoms with Crippen molar-refractivity contribution in [3.05, 3.63) is 47.0 Å². The highest BCUT2D eigenvalue weighted by Crippen LogP contribution is 2.30. The fraction of sp³-hybridized carbons (Fsp3) is 0.133. The van der Waals surface area contributed by atoms with E-state index in [1.807, 2.05) is 6.07 Å². The predicted molar refractivity (Wildman–Crippen MR) is 85.5 cm³/mol. The largest absolute Gasteiger partial charge is 0.495 e. The van der Waals surface area contributed by atoms with E-state index in [9.17, 15) is 4.79 Å². The molecule has 5 nitrogen and oxygen atoms in total. The lowest BCUT2D eigenvalue weighted by molar-refractivity contribution is 0.0964. The number of carbonyl (C=O) groups is 1. The highest BCUT2D eigenvalue weighted by molar-refractivity contribution is 6.32. The van der Waals surface area contributed by atoms with E-state index in [0.29, 0.717) is 27.7 Å². The summed E-state index contributed by atoms with van der Waals surface area (Å²) in [6, 6.07) is 10.3. The van der Waals surface area contributed by atoms with Crippen LogP contribution in [0.4, 0.5) is 17.1 Å². The van der Waals surface area contributed by atoms with Crippen LogP contribution in [0.15, 0.2) is 36.4 Å². The third-order valence-electron chi connectivity index (χ3n) is 2.95. The van der Waals surface area contributed by atoms with Crippen molar-refractivity contribution in [3.8, 4) is 5.75 Å². The number of amides is 1. The molecule has 21 heavy (non-hydrogen) atoms. The molecule has 6 heteroatoms. The molecule has 0 radical (unpaired) electrons. The van der Waals surface area contributed by atoms with Crippen LogP contribution in [-0.2, 0) is 0 Å². The Bertz CT molecular complexity index is 674. The average Bonchev–Trinajstić information content (AvgIpc) is 2.47. The van der Waals surface area contributed by atoms with Crippen LogP contribution in [0.25, 0.3) is 0 Å². The molecule has 0 aliphatic carbocycles. The number of nitrogens with one attached hydrogen (secondary N) is 2. The standard InChI is InChI=1S/C15H16ClN3O2/c1-18-15(20)11-5-3-9(17)7-13(11)19-10-4-6-14(21-2)12(16)8-10/h3-8,19H,17H2,1-2H3,(H,18,20). The topological polar surface area (TPSA) is 76.4 Å². The van der Waals surface area contributed by atoms with Crippen molar-refractivity contribution in [2.45, 2.75) is 0 Å². The van der Waals surface area contributed by atoms with Crippen LogP contribution in [0.3, 0.4) is 0 Å². The van der Waals surface area contributed by atoms with Crippen LogP contribution in [-0.4, -0.2) is 20.1 Å². The molecule has 0 aliphatic heterocycles. The van der Waals surface area contributed by atoms with Gasteiger partial charge >= 0.3 is 0 Å². The first-order valence-electron chi connectivity index (χ1n) is 6.27. The summed E-state index contributed by atoms with van der Waals surface area (Å²) in [6.45, 7) is 0. The first-order valence-corrected chi connectivity index (χ1v) is 6.65. The Balaban J connectivity index is 2.36. The van der Waals surface area contributed by atoms with Gasteiger partial charge in [-0.25, -0.2) is 0 Å². The molecule has 0 atom stereocenters. The van der Waals surface area contributed by atoms with Crippen molar-refractivity contribution in [1.29, 1.82) is 0 Å². The molecule has 2 aromatic rings. The summed E-state index contributed by atoms with van der Waals surface area (Å²) in [5.41, 5.74) is 8.18. The van der Waals surface area contributed by atoms with Gasteiger partial charge in [-0.2, -0.15) is 0 Å². The van der Waals surface area contributed by atoms with E-state index in [-0.39, 0.29) is 5.91 Å². The number of hydrogen-bond acceptors (Lipinski definition) is 4. The van der Waals surface area contributed by atoms with Gasteiger partial charge < -0.3 is 21.1 Å². The number of hydrogen-bond donors (Lipinski definition) is 3. The zero-order valence-electron chi connectivity index (χ0n) is 11.7. The quantitative estimate of drug-likeness (QED) is 0.759.